The molecule has 15 nitrogen and oxygen atoms in total. The maximum Gasteiger partial charge on any atom is 0.326 e. The number of carbonyl (C=O) groups is 5. The third-order valence-corrected chi connectivity index (χ3v) is 6.68. The van der Waals surface area contributed by atoms with E-state index in [9.17, 15) is 29.1 Å². The van der Waals surface area contributed by atoms with Crippen LogP contribution in [0.15, 0.2) is 35.5 Å². The van der Waals surface area contributed by atoms with Crippen molar-refractivity contribution in [2.45, 2.75) is 62.7 Å². The quantitative estimate of drug-likeness (QED) is 0.0680. The lowest BCUT2D eigenvalue weighted by Gasteiger charge is -2.25. The third kappa shape index (κ3) is 9.20. The molecule has 0 bridgehead atoms. The second-order valence-corrected chi connectivity index (χ2v) is 9.78. The molecule has 2 aromatic rings. The van der Waals surface area contributed by atoms with Crippen molar-refractivity contribution in [2.75, 3.05) is 13.1 Å². The molecule has 41 heavy (non-hydrogen) atoms. The fraction of sp³-hybridized carbons (Fsp3) is 0.462. The summed E-state index contributed by atoms with van der Waals surface area (Å²) in [5.41, 5.74) is 12.2. The molecule has 0 spiro atoms. The number of hydrogen-bond donors (Lipinski definition) is 9. The number of benzene rings is 1. The number of carbonyl (C=O) groups excluding carboxylic acids is 3. The van der Waals surface area contributed by atoms with Gasteiger partial charge in [-0.25, -0.2) is 4.79 Å². The number of carboxylic acids is 2. The Bertz CT molecular complexity index is 1280. The van der Waals surface area contributed by atoms with Gasteiger partial charge in [0.05, 0.1) is 12.5 Å². The summed E-state index contributed by atoms with van der Waals surface area (Å²) in [5, 5.41) is 29.9. The predicted molar refractivity (Wildman–Crippen MR) is 149 cm³/mol. The zero-order valence-electron chi connectivity index (χ0n) is 22.4. The number of rotatable bonds is 15. The molecule has 0 aliphatic carbocycles. The largest absolute Gasteiger partial charge is 0.481 e. The van der Waals surface area contributed by atoms with E-state index in [0.717, 1.165) is 17.3 Å². The van der Waals surface area contributed by atoms with E-state index in [-0.39, 0.29) is 31.3 Å². The number of carboxylic acid groups (broad SMARTS) is 2. The number of para-hydroxylation sites is 1. The Hall–Kier alpha value is -4.66. The standard InChI is InChI=1S/C26H36N8O7/c27-26(28)30-10-4-8-18(32-22(37)17-7-3-9-29-17)23(38)33-19(24(39)34-20(25(40)41)12-21(35)36)11-14-13-31-16-6-2-1-5-15(14)16/h1-2,5-6,13,17-20,29,31H,3-4,7-12H2,(H,32,37)(H,33,38)(H,34,39)(H,35,36)(H,40,41)(H4,27,28,30). The van der Waals surface area contributed by atoms with Gasteiger partial charge < -0.3 is 47.9 Å². The van der Waals surface area contributed by atoms with Crippen LogP contribution < -0.4 is 32.7 Å². The maximum atomic E-state index is 13.5. The lowest BCUT2D eigenvalue weighted by atomic mass is 10.0. The number of amides is 3. The summed E-state index contributed by atoms with van der Waals surface area (Å²) in [4.78, 5) is 69.3. The van der Waals surface area contributed by atoms with Gasteiger partial charge >= 0.3 is 11.9 Å². The molecule has 15 heteroatoms. The van der Waals surface area contributed by atoms with Crippen LogP contribution in [-0.4, -0.2) is 88.1 Å². The number of aromatic amines is 1. The number of fused-ring (bicyclic) bond motifs is 1. The van der Waals surface area contributed by atoms with E-state index in [1.165, 1.54) is 0 Å². The van der Waals surface area contributed by atoms with Gasteiger partial charge in [-0.3, -0.25) is 24.2 Å². The summed E-state index contributed by atoms with van der Waals surface area (Å²) < 4.78 is 0. The van der Waals surface area contributed by atoms with E-state index >= 15 is 0 Å². The van der Waals surface area contributed by atoms with Crippen molar-refractivity contribution in [3.05, 3.63) is 36.0 Å². The van der Waals surface area contributed by atoms with Gasteiger partial charge in [0.25, 0.3) is 0 Å². The maximum absolute atomic E-state index is 13.5. The molecular formula is C26H36N8O7. The van der Waals surface area contributed by atoms with Crippen LogP contribution in [0.2, 0.25) is 0 Å². The van der Waals surface area contributed by atoms with Gasteiger partial charge in [-0.1, -0.05) is 18.2 Å². The van der Waals surface area contributed by atoms with Crippen LogP contribution in [0.25, 0.3) is 10.9 Å². The molecule has 4 unspecified atom stereocenters. The smallest absolute Gasteiger partial charge is 0.326 e. The first kappa shape index (κ1) is 30.9. The van der Waals surface area contributed by atoms with Crippen LogP contribution in [0.1, 0.15) is 37.7 Å². The number of nitrogens with two attached hydrogens (primary N) is 2. The number of hydrogen-bond acceptors (Lipinski definition) is 7. The van der Waals surface area contributed by atoms with Gasteiger partial charge in [-0.05, 0) is 43.9 Å². The molecular weight excluding hydrogens is 536 g/mol. The molecule has 1 fully saturated rings. The minimum Gasteiger partial charge on any atom is -0.481 e. The predicted octanol–water partition coefficient (Wildman–Crippen LogP) is -1.47. The minimum absolute atomic E-state index is 0.0418. The second kappa shape index (κ2) is 14.6. The van der Waals surface area contributed by atoms with Crippen LogP contribution in [0, 0.1) is 0 Å². The van der Waals surface area contributed by atoms with Crippen molar-refractivity contribution in [1.29, 1.82) is 0 Å². The third-order valence-electron chi connectivity index (χ3n) is 6.68. The first-order valence-corrected chi connectivity index (χ1v) is 13.2. The highest BCUT2D eigenvalue weighted by Gasteiger charge is 2.32. The summed E-state index contributed by atoms with van der Waals surface area (Å²) in [6.45, 7) is 0.881. The van der Waals surface area contributed by atoms with E-state index in [1.54, 1.807) is 12.3 Å². The monoisotopic (exact) mass is 572 g/mol. The van der Waals surface area contributed by atoms with Gasteiger partial charge in [0, 0.05) is 30.1 Å². The number of aromatic nitrogens is 1. The molecule has 222 valence electrons. The summed E-state index contributed by atoms with van der Waals surface area (Å²) in [6, 6.07) is 2.77. The Morgan fingerprint density at radius 1 is 1.00 bits per heavy atom. The zero-order valence-corrected chi connectivity index (χ0v) is 22.4. The van der Waals surface area contributed by atoms with Crippen molar-refractivity contribution < 1.29 is 34.2 Å². The van der Waals surface area contributed by atoms with Gasteiger partial charge in [0.1, 0.15) is 18.1 Å². The van der Waals surface area contributed by atoms with E-state index in [1.807, 2.05) is 18.2 Å². The summed E-state index contributed by atoms with van der Waals surface area (Å²) in [5.74, 6) is -5.00. The summed E-state index contributed by atoms with van der Waals surface area (Å²) in [6.07, 6.45) is 2.69. The average Bonchev–Trinajstić information content (AvgIpc) is 3.60. The molecule has 3 rings (SSSR count). The molecule has 2 heterocycles. The second-order valence-electron chi connectivity index (χ2n) is 9.78. The van der Waals surface area contributed by atoms with Crippen molar-refractivity contribution in [3.63, 3.8) is 0 Å². The average molecular weight is 573 g/mol. The van der Waals surface area contributed by atoms with E-state index in [4.69, 9.17) is 16.6 Å². The molecule has 1 aliphatic rings. The van der Waals surface area contributed by atoms with Crippen molar-refractivity contribution in [2.24, 2.45) is 16.5 Å². The highest BCUT2D eigenvalue weighted by molar-refractivity contribution is 5.95. The first-order chi connectivity index (χ1) is 19.5. The summed E-state index contributed by atoms with van der Waals surface area (Å²) >= 11 is 0. The Morgan fingerprint density at radius 3 is 2.37 bits per heavy atom. The van der Waals surface area contributed by atoms with Crippen molar-refractivity contribution in [3.8, 4) is 0 Å². The minimum atomic E-state index is -1.72. The molecule has 3 amide bonds. The molecule has 0 saturated carbocycles. The van der Waals surface area contributed by atoms with Crippen LogP contribution in [0.4, 0.5) is 0 Å². The molecule has 11 N–H and O–H groups in total. The number of H-pyrrole nitrogens is 1. The normalized spacial score (nSPS) is 16.7. The molecule has 1 aromatic heterocycles. The number of aliphatic imine (C=N–C) groups is 1. The molecule has 1 aromatic carbocycles. The lowest BCUT2D eigenvalue weighted by molar-refractivity contribution is -0.147. The van der Waals surface area contributed by atoms with Crippen LogP contribution in [0.5, 0.6) is 0 Å². The van der Waals surface area contributed by atoms with Gasteiger partial charge in [-0.15, -0.1) is 0 Å². The van der Waals surface area contributed by atoms with E-state index in [2.05, 4.69) is 31.2 Å². The highest BCUT2D eigenvalue weighted by atomic mass is 16.4. The van der Waals surface area contributed by atoms with Crippen LogP contribution in [0.3, 0.4) is 0 Å². The molecule has 1 saturated heterocycles. The topological polar surface area (TPSA) is 254 Å². The summed E-state index contributed by atoms with van der Waals surface area (Å²) in [7, 11) is 0. The lowest BCUT2D eigenvalue weighted by Crippen LogP contribution is -2.57. The van der Waals surface area contributed by atoms with Crippen LogP contribution >= 0.6 is 0 Å². The Kier molecular flexibility index (Phi) is 11.0. The van der Waals surface area contributed by atoms with E-state index < -0.39 is 54.3 Å². The number of guanidine groups is 1. The van der Waals surface area contributed by atoms with Gasteiger partial charge in [0.15, 0.2) is 5.96 Å². The van der Waals surface area contributed by atoms with E-state index in [0.29, 0.717) is 24.9 Å². The highest BCUT2D eigenvalue weighted by Crippen LogP contribution is 2.19. The van der Waals surface area contributed by atoms with Crippen molar-refractivity contribution in [1.82, 2.24) is 26.3 Å². The Balaban J connectivity index is 1.83. The molecule has 4 atom stereocenters. The fourth-order valence-electron chi connectivity index (χ4n) is 4.60. The van der Waals surface area contributed by atoms with Gasteiger partial charge in [-0.2, -0.15) is 0 Å². The SMILES string of the molecule is NC(N)=NCCCC(NC(=O)C1CCCN1)C(=O)NC(Cc1c[nH]c2ccccc12)C(=O)NC(CC(=O)O)C(=O)O. The fourth-order valence-corrected chi connectivity index (χ4v) is 4.60. The first-order valence-electron chi connectivity index (χ1n) is 13.2. The zero-order chi connectivity index (χ0) is 29.9. The molecule has 1 aliphatic heterocycles. The van der Waals surface area contributed by atoms with Crippen LogP contribution in [-0.2, 0) is 30.4 Å². The van der Waals surface area contributed by atoms with Crippen molar-refractivity contribution >= 4 is 46.5 Å². The Labute approximate surface area is 235 Å². The number of nitrogens with one attached hydrogen (secondary N) is 5. The number of aliphatic carboxylic acids is 2. The van der Waals surface area contributed by atoms with Gasteiger partial charge in [0.2, 0.25) is 17.7 Å². The molecule has 0 radical (unpaired) electrons. The Morgan fingerprint density at radius 2 is 1.71 bits per heavy atom. The number of nitrogens with zero attached hydrogens (tertiary/aromatic N) is 1.